The van der Waals surface area contributed by atoms with E-state index in [1.807, 2.05) is 45.3 Å². The van der Waals surface area contributed by atoms with Crippen molar-refractivity contribution < 1.29 is 9.59 Å². The first-order valence-corrected chi connectivity index (χ1v) is 5.86. The molecule has 0 radical (unpaired) electrons. The van der Waals surface area contributed by atoms with E-state index in [1.165, 1.54) is 0 Å². The van der Waals surface area contributed by atoms with Gasteiger partial charge in [-0.15, -0.1) is 0 Å². The second-order valence-electron chi connectivity index (χ2n) is 4.87. The van der Waals surface area contributed by atoms with Crippen LogP contribution in [-0.4, -0.2) is 32.8 Å². The molecule has 1 amide bonds. The van der Waals surface area contributed by atoms with Crippen LogP contribution in [0.2, 0.25) is 0 Å². The smallest absolute Gasteiger partial charge is 0.306 e. The van der Waals surface area contributed by atoms with Crippen LogP contribution in [-0.2, 0) is 9.59 Å². The van der Waals surface area contributed by atoms with Crippen molar-refractivity contribution >= 4 is 24.0 Å². The van der Waals surface area contributed by atoms with Gasteiger partial charge in [0.25, 0.3) is 0 Å². The average molecular weight is 245 g/mol. The highest BCUT2D eigenvalue weighted by Gasteiger charge is 2.39. The molecule has 4 heteroatoms. The lowest BCUT2D eigenvalue weighted by atomic mass is 10.1. The van der Waals surface area contributed by atoms with Crippen LogP contribution in [0.4, 0.5) is 5.69 Å². The van der Waals surface area contributed by atoms with Crippen molar-refractivity contribution in [1.82, 2.24) is 9.80 Å². The summed E-state index contributed by atoms with van der Waals surface area (Å²) in [5.41, 5.74) is 4.01. The van der Waals surface area contributed by atoms with Crippen molar-refractivity contribution in [3.05, 3.63) is 35.0 Å². The zero-order chi connectivity index (χ0) is 13.3. The van der Waals surface area contributed by atoms with Gasteiger partial charge in [0.1, 0.15) is 12.0 Å². The van der Waals surface area contributed by atoms with Crippen LogP contribution in [0.5, 0.6) is 0 Å². The van der Waals surface area contributed by atoms with Gasteiger partial charge in [0.05, 0.1) is 20.6 Å². The van der Waals surface area contributed by atoms with E-state index in [-0.39, 0.29) is 12.5 Å². The Morgan fingerprint density at radius 3 is 2.72 bits per heavy atom. The number of benzene rings is 1. The maximum atomic E-state index is 12.0. The zero-order valence-corrected chi connectivity index (χ0v) is 10.9. The highest BCUT2D eigenvalue weighted by atomic mass is 16.2. The van der Waals surface area contributed by atoms with Gasteiger partial charge in [-0.2, -0.15) is 0 Å². The van der Waals surface area contributed by atoms with Crippen molar-refractivity contribution in [3.63, 3.8) is 0 Å². The molecule has 0 fully saturated rings. The maximum absolute atomic E-state index is 12.0. The molecule has 18 heavy (non-hydrogen) atoms. The van der Waals surface area contributed by atoms with Gasteiger partial charge in [-0.3, -0.25) is 9.28 Å². The molecule has 1 aliphatic heterocycles. The highest BCUT2D eigenvalue weighted by molar-refractivity contribution is 6.04. The second-order valence-corrected chi connectivity index (χ2v) is 4.87. The fraction of sp³-hybridized carbons (Fsp3) is 0.286. The molecule has 0 saturated carbocycles. The van der Waals surface area contributed by atoms with Crippen LogP contribution in [0.3, 0.4) is 0 Å². The molecule has 1 aliphatic rings. The molecule has 0 atom stereocenters. The first kappa shape index (κ1) is 12.5. The summed E-state index contributed by atoms with van der Waals surface area (Å²) in [6, 6.07) is 6.03. The molecule has 0 aromatic heterocycles. The number of para-hydroxylation sites is 1. The number of quaternary nitrogens is 1. The fourth-order valence-electron chi connectivity index (χ4n) is 2.54. The highest BCUT2D eigenvalue weighted by Crippen LogP contribution is 2.39. The monoisotopic (exact) mass is 245 g/mol. The first-order chi connectivity index (χ1) is 8.48. The summed E-state index contributed by atoms with van der Waals surface area (Å²) in [6.07, 6.45) is 2.58. The number of aryl methyl sites for hydroxylation is 1. The molecule has 1 aromatic carbocycles. The molecule has 94 valence electrons. The van der Waals surface area contributed by atoms with Gasteiger partial charge in [0, 0.05) is 17.2 Å². The Morgan fingerprint density at radius 1 is 1.39 bits per heavy atom. The molecule has 1 heterocycles. The molecular weight excluding hydrogens is 228 g/mol. The Labute approximate surface area is 106 Å². The summed E-state index contributed by atoms with van der Waals surface area (Å²) in [6.45, 7) is 2.09. The summed E-state index contributed by atoms with van der Waals surface area (Å²) >= 11 is 0. The third kappa shape index (κ3) is 1.84. The van der Waals surface area contributed by atoms with Gasteiger partial charge in [0.15, 0.2) is 0 Å². The Kier molecular flexibility index (Phi) is 3.05. The van der Waals surface area contributed by atoms with Crippen molar-refractivity contribution in [2.24, 2.45) is 0 Å². The average Bonchev–Trinajstić information content (AvgIpc) is 2.59. The molecule has 0 spiro atoms. The lowest BCUT2D eigenvalue weighted by Gasteiger charge is -2.27. The predicted octanol–water partition coefficient (Wildman–Crippen LogP) is 1.23. The molecule has 2 rings (SSSR count). The molecule has 0 unspecified atom stereocenters. The van der Waals surface area contributed by atoms with Gasteiger partial charge in [-0.25, -0.2) is 0 Å². The van der Waals surface area contributed by atoms with E-state index in [1.54, 1.807) is 0 Å². The molecule has 0 bridgehead atoms. The van der Waals surface area contributed by atoms with Crippen LogP contribution in [0, 0.1) is 6.92 Å². The van der Waals surface area contributed by atoms with Crippen LogP contribution in [0.15, 0.2) is 23.9 Å². The van der Waals surface area contributed by atoms with Crippen LogP contribution in [0.25, 0.3) is 6.08 Å². The van der Waals surface area contributed by atoms with E-state index in [2.05, 4.69) is 5.32 Å². The molecule has 1 aromatic rings. The number of hydrogen-bond acceptors (Lipinski definition) is 2. The number of nitrogens with zero attached hydrogens (tertiary/aromatic N) is 1. The Hall–Kier alpha value is -1.94. The van der Waals surface area contributed by atoms with Crippen LogP contribution in [0.1, 0.15) is 11.1 Å². The van der Waals surface area contributed by atoms with Crippen molar-refractivity contribution in [1.29, 1.82) is 0 Å². The first-order valence-electron chi connectivity index (χ1n) is 5.86. The lowest BCUT2D eigenvalue weighted by Crippen LogP contribution is -2.44. The summed E-state index contributed by atoms with van der Waals surface area (Å²) in [5, 5.41) is 2.59. The van der Waals surface area contributed by atoms with Crippen LogP contribution < -0.4 is 9.80 Å². The van der Waals surface area contributed by atoms with E-state index >= 15 is 0 Å². The largest absolute Gasteiger partial charge is 0.341 e. The lowest BCUT2D eigenvalue weighted by molar-refractivity contribution is -0.120. The quantitative estimate of drug-likeness (QED) is 0.643. The van der Waals surface area contributed by atoms with Crippen LogP contribution >= 0.6 is 0 Å². The summed E-state index contributed by atoms with van der Waals surface area (Å²) in [7, 11) is 3.95. The number of nitrogens with one attached hydrogen (secondary N) is 1. The molecule has 0 aliphatic carbocycles. The standard InChI is InChI=1S/C14H16N2O2/c1-10-5-4-6-11-9-12(14(18)15-7-8-17)16(2,3)13(10)11/h4-6,8-9H,7H2,1-3H3/p+1. The number of aldehydes is 1. The molecular formula is C14H17N2O2+. The van der Waals surface area contributed by atoms with Crippen molar-refractivity contribution in [2.75, 3.05) is 20.6 Å². The summed E-state index contributed by atoms with van der Waals surface area (Å²) < 4.78 is 0.409. The minimum atomic E-state index is -0.192. The minimum Gasteiger partial charge on any atom is -0.341 e. The number of amides is 1. The SMILES string of the molecule is Cc1cccc2c1[N+](C)(C)C(C(=O)NCC=O)=C2. The summed E-state index contributed by atoms with van der Waals surface area (Å²) in [4.78, 5) is 22.4. The number of rotatable bonds is 3. The molecule has 0 saturated heterocycles. The number of carbonyl (C=O) groups is 2. The van der Waals surface area contributed by atoms with Gasteiger partial charge < -0.3 is 10.1 Å². The van der Waals surface area contributed by atoms with Crippen molar-refractivity contribution in [2.45, 2.75) is 6.92 Å². The summed E-state index contributed by atoms with van der Waals surface area (Å²) in [5.74, 6) is -0.192. The van der Waals surface area contributed by atoms with Crippen molar-refractivity contribution in [3.8, 4) is 0 Å². The Balaban J connectivity index is 2.40. The Morgan fingerprint density at radius 2 is 2.11 bits per heavy atom. The van der Waals surface area contributed by atoms with Gasteiger partial charge in [-0.05, 0) is 13.0 Å². The van der Waals surface area contributed by atoms with Gasteiger partial charge in [0.2, 0.25) is 5.70 Å². The number of likely N-dealkylation sites (N-methyl/N-ethyl adjacent to an activating group) is 1. The maximum Gasteiger partial charge on any atom is 0.306 e. The number of carbonyl (C=O) groups excluding carboxylic acids is 2. The third-order valence-electron chi connectivity index (χ3n) is 3.30. The normalized spacial score (nSPS) is 15.8. The van der Waals surface area contributed by atoms with E-state index in [0.717, 1.165) is 16.8 Å². The minimum absolute atomic E-state index is 0.0471. The van der Waals surface area contributed by atoms with E-state index in [9.17, 15) is 9.59 Å². The van der Waals surface area contributed by atoms with E-state index in [4.69, 9.17) is 0 Å². The number of hydrogen-bond donors (Lipinski definition) is 1. The third-order valence-corrected chi connectivity index (χ3v) is 3.30. The van der Waals surface area contributed by atoms with E-state index in [0.29, 0.717) is 16.5 Å². The number of fused-ring (bicyclic) bond motifs is 1. The van der Waals surface area contributed by atoms with Gasteiger partial charge >= 0.3 is 5.91 Å². The van der Waals surface area contributed by atoms with Gasteiger partial charge in [-0.1, -0.05) is 12.1 Å². The fourth-order valence-corrected chi connectivity index (χ4v) is 2.54. The predicted molar refractivity (Wildman–Crippen MR) is 71.9 cm³/mol. The Bertz CT molecular complexity index is 545. The molecule has 1 N–H and O–H groups in total. The van der Waals surface area contributed by atoms with E-state index < -0.39 is 0 Å². The topological polar surface area (TPSA) is 46.2 Å². The zero-order valence-electron chi connectivity index (χ0n) is 10.9. The molecule has 4 nitrogen and oxygen atoms in total. The second kappa shape index (κ2) is 4.38.